The van der Waals surface area contributed by atoms with E-state index in [0.29, 0.717) is 9.26 Å². The fourth-order valence-electron chi connectivity index (χ4n) is 1.01. The van der Waals surface area contributed by atoms with Gasteiger partial charge in [-0.15, -0.1) is 24.8 Å². The Balaban J connectivity index is 3.16. The molecule has 0 unspecified atom stereocenters. The summed E-state index contributed by atoms with van der Waals surface area (Å²) in [6, 6.07) is 0. The lowest BCUT2D eigenvalue weighted by atomic mass is 10.2. The molecular formula is C8H6ClF3INO2. The van der Waals surface area contributed by atoms with E-state index in [-0.39, 0.29) is 11.4 Å². The van der Waals surface area contributed by atoms with Crippen LogP contribution >= 0.6 is 34.2 Å². The van der Waals surface area contributed by atoms with Crippen LogP contribution < -0.4 is 4.74 Å². The number of hydrogen-bond donors (Lipinski definition) is 1. The molecule has 0 radical (unpaired) electrons. The average Bonchev–Trinajstić information content (AvgIpc) is 2.16. The molecule has 1 aromatic heterocycles. The fourth-order valence-corrected chi connectivity index (χ4v) is 2.20. The molecule has 0 aromatic carbocycles. The van der Waals surface area contributed by atoms with E-state index in [9.17, 15) is 13.2 Å². The van der Waals surface area contributed by atoms with Crippen LogP contribution in [-0.4, -0.2) is 16.5 Å². The molecule has 1 aromatic rings. The molecule has 1 heterocycles. The van der Waals surface area contributed by atoms with Gasteiger partial charge in [-0.05, 0) is 22.6 Å². The monoisotopic (exact) mass is 367 g/mol. The molecule has 3 nitrogen and oxygen atoms in total. The lowest BCUT2D eigenvalue weighted by molar-refractivity contribution is -0.275. The zero-order valence-corrected chi connectivity index (χ0v) is 10.6. The lowest BCUT2D eigenvalue weighted by Gasteiger charge is -2.14. The highest BCUT2D eigenvalue weighted by atomic mass is 127. The molecule has 1 rings (SSSR count). The van der Waals surface area contributed by atoms with Crippen LogP contribution in [0.15, 0.2) is 6.20 Å². The molecule has 90 valence electrons. The van der Waals surface area contributed by atoms with E-state index >= 15 is 0 Å². The van der Waals surface area contributed by atoms with Crippen molar-refractivity contribution in [3.63, 3.8) is 0 Å². The Hall–Kier alpha value is -0.280. The van der Waals surface area contributed by atoms with Gasteiger partial charge in [-0.1, -0.05) is 0 Å². The summed E-state index contributed by atoms with van der Waals surface area (Å²) in [7, 11) is 0. The minimum absolute atomic E-state index is 0.0311. The molecule has 1 N–H and O–H groups in total. The van der Waals surface area contributed by atoms with Gasteiger partial charge in [0.15, 0.2) is 5.75 Å². The van der Waals surface area contributed by atoms with Crippen LogP contribution in [0.25, 0.3) is 0 Å². The van der Waals surface area contributed by atoms with Gasteiger partial charge in [0, 0.05) is 9.13 Å². The van der Waals surface area contributed by atoms with E-state index in [2.05, 4.69) is 9.72 Å². The summed E-state index contributed by atoms with van der Waals surface area (Å²) in [4.78, 5) is 3.71. The summed E-state index contributed by atoms with van der Waals surface area (Å²) < 4.78 is 40.1. The highest BCUT2D eigenvalue weighted by Crippen LogP contribution is 2.30. The van der Waals surface area contributed by atoms with Crippen molar-refractivity contribution in [1.29, 1.82) is 0 Å². The molecule has 0 saturated carbocycles. The van der Waals surface area contributed by atoms with E-state index < -0.39 is 18.7 Å². The second-order valence-corrected chi connectivity index (χ2v) is 4.05. The number of aliphatic hydroxyl groups is 1. The number of aliphatic hydroxyl groups excluding tert-OH is 1. The third-order valence-corrected chi connectivity index (χ3v) is 3.19. The smallest absolute Gasteiger partial charge is 0.404 e. The molecule has 0 bridgehead atoms. The SMILES string of the molecule is OCc1c(OC(F)(F)F)cnc(CCl)c1I. The van der Waals surface area contributed by atoms with Gasteiger partial charge in [-0.3, -0.25) is 4.98 Å². The van der Waals surface area contributed by atoms with Crippen LogP contribution in [0.4, 0.5) is 13.2 Å². The van der Waals surface area contributed by atoms with Gasteiger partial charge in [-0.25, -0.2) is 0 Å². The molecular weight excluding hydrogens is 361 g/mol. The topological polar surface area (TPSA) is 42.4 Å². The van der Waals surface area contributed by atoms with E-state index in [1.54, 1.807) is 22.6 Å². The van der Waals surface area contributed by atoms with E-state index in [1.165, 1.54) is 0 Å². The summed E-state index contributed by atoms with van der Waals surface area (Å²) in [6.45, 7) is -0.573. The van der Waals surface area contributed by atoms with Gasteiger partial charge in [-0.2, -0.15) is 0 Å². The van der Waals surface area contributed by atoms with Gasteiger partial charge in [0.1, 0.15) is 0 Å². The molecule has 0 aliphatic carbocycles. The zero-order valence-electron chi connectivity index (χ0n) is 7.68. The van der Waals surface area contributed by atoms with E-state index in [4.69, 9.17) is 16.7 Å². The molecule has 0 aliphatic heterocycles. The molecule has 0 atom stereocenters. The molecule has 0 saturated heterocycles. The van der Waals surface area contributed by atoms with Crippen molar-refractivity contribution in [2.45, 2.75) is 18.8 Å². The molecule has 16 heavy (non-hydrogen) atoms. The molecule has 0 aliphatic rings. The van der Waals surface area contributed by atoms with Crippen LogP contribution in [0.3, 0.4) is 0 Å². The van der Waals surface area contributed by atoms with Crippen molar-refractivity contribution in [1.82, 2.24) is 4.98 Å². The van der Waals surface area contributed by atoms with E-state index in [1.807, 2.05) is 0 Å². The summed E-state index contributed by atoms with van der Waals surface area (Å²) >= 11 is 7.30. The highest BCUT2D eigenvalue weighted by molar-refractivity contribution is 14.1. The van der Waals surface area contributed by atoms with Crippen LogP contribution in [0, 0.1) is 3.57 Å². The second-order valence-electron chi connectivity index (χ2n) is 2.70. The van der Waals surface area contributed by atoms with E-state index in [0.717, 1.165) is 6.20 Å². The first-order valence-corrected chi connectivity index (χ1v) is 5.59. The highest BCUT2D eigenvalue weighted by Gasteiger charge is 2.32. The Kier molecular flexibility index (Phi) is 4.62. The minimum atomic E-state index is -4.81. The molecule has 0 spiro atoms. The second kappa shape index (κ2) is 5.37. The van der Waals surface area contributed by atoms with Crippen LogP contribution in [-0.2, 0) is 12.5 Å². The zero-order chi connectivity index (χ0) is 12.3. The number of halogens is 5. The predicted octanol–water partition coefficient (Wildman–Crippen LogP) is 2.82. The van der Waals surface area contributed by atoms with Crippen molar-refractivity contribution in [2.75, 3.05) is 0 Å². The number of aromatic nitrogens is 1. The maximum atomic E-state index is 12.0. The Morgan fingerprint density at radius 3 is 2.56 bits per heavy atom. The summed E-state index contributed by atoms with van der Waals surface area (Å²) in [5.74, 6) is -0.453. The van der Waals surface area contributed by atoms with Crippen LogP contribution in [0.1, 0.15) is 11.3 Å². The number of ether oxygens (including phenoxy) is 1. The third kappa shape index (κ3) is 3.36. The van der Waals surface area contributed by atoms with Crippen molar-refractivity contribution in [3.8, 4) is 5.75 Å². The maximum Gasteiger partial charge on any atom is 0.573 e. The Morgan fingerprint density at radius 2 is 2.12 bits per heavy atom. The van der Waals surface area contributed by atoms with Gasteiger partial charge in [0.05, 0.1) is 24.4 Å². The number of alkyl halides is 4. The average molecular weight is 367 g/mol. The number of rotatable bonds is 3. The Bertz CT molecular complexity index is 386. The van der Waals surface area contributed by atoms with Gasteiger partial charge < -0.3 is 9.84 Å². The quantitative estimate of drug-likeness (QED) is 0.660. The maximum absolute atomic E-state index is 12.0. The first kappa shape index (κ1) is 13.8. The third-order valence-electron chi connectivity index (χ3n) is 1.66. The minimum Gasteiger partial charge on any atom is -0.404 e. The van der Waals surface area contributed by atoms with Crippen molar-refractivity contribution in [2.24, 2.45) is 0 Å². The van der Waals surface area contributed by atoms with Gasteiger partial charge in [0.25, 0.3) is 0 Å². The van der Waals surface area contributed by atoms with Gasteiger partial charge >= 0.3 is 6.36 Å². The van der Waals surface area contributed by atoms with Crippen molar-refractivity contribution < 1.29 is 23.0 Å². The Labute approximate surface area is 108 Å². The number of hydrogen-bond acceptors (Lipinski definition) is 3. The van der Waals surface area contributed by atoms with Crippen molar-refractivity contribution >= 4 is 34.2 Å². The first-order chi connectivity index (χ1) is 7.39. The predicted molar refractivity (Wildman–Crippen MR) is 59.1 cm³/mol. The van der Waals surface area contributed by atoms with Crippen LogP contribution in [0.2, 0.25) is 0 Å². The lowest BCUT2D eigenvalue weighted by Crippen LogP contribution is -2.19. The van der Waals surface area contributed by atoms with Crippen LogP contribution in [0.5, 0.6) is 5.75 Å². The number of nitrogens with zero attached hydrogens (tertiary/aromatic N) is 1. The summed E-state index contributed by atoms with van der Waals surface area (Å²) in [5.41, 5.74) is 0.435. The molecule has 8 heteroatoms. The normalized spacial score (nSPS) is 11.6. The molecule has 0 amide bonds. The van der Waals surface area contributed by atoms with Crippen molar-refractivity contribution in [3.05, 3.63) is 21.0 Å². The Morgan fingerprint density at radius 1 is 1.50 bits per heavy atom. The van der Waals surface area contributed by atoms with Gasteiger partial charge in [0.2, 0.25) is 0 Å². The largest absolute Gasteiger partial charge is 0.573 e. The fraction of sp³-hybridized carbons (Fsp3) is 0.375. The summed E-state index contributed by atoms with van der Waals surface area (Å²) in [5, 5.41) is 8.99. The standard InChI is InChI=1S/C8H6ClF3INO2/c9-1-5-7(13)4(3-15)6(2-14-5)16-8(10,11)12/h2,15H,1,3H2. The first-order valence-electron chi connectivity index (χ1n) is 3.98. The number of pyridine rings is 1. The summed E-state index contributed by atoms with van der Waals surface area (Å²) in [6.07, 6.45) is -3.91. The molecule has 0 fully saturated rings.